The second-order valence-electron chi connectivity index (χ2n) is 3.60. The van der Waals surface area contributed by atoms with Gasteiger partial charge in [0.05, 0.1) is 21.6 Å². The maximum atomic E-state index is 13.4. The average Bonchev–Trinajstić information content (AvgIpc) is 2.39. The van der Waals surface area contributed by atoms with Crippen LogP contribution in [0.3, 0.4) is 0 Å². The molecule has 0 radical (unpaired) electrons. The highest BCUT2D eigenvalue weighted by atomic mass is 79.9. The molecule has 1 aromatic rings. The minimum absolute atomic E-state index is 0.0236. The molecule has 8 heteroatoms. The predicted octanol–water partition coefficient (Wildman–Crippen LogP) is 2.99. The summed E-state index contributed by atoms with van der Waals surface area (Å²) >= 11 is 2.85. The number of carbonyl (C=O) groups is 1. The van der Waals surface area contributed by atoms with Crippen molar-refractivity contribution in [2.45, 2.75) is 6.92 Å². The van der Waals surface area contributed by atoms with Gasteiger partial charge in [0, 0.05) is 12.1 Å². The summed E-state index contributed by atoms with van der Waals surface area (Å²) in [6.45, 7) is 4.90. The number of ether oxygens (including phenoxy) is 2. The van der Waals surface area contributed by atoms with Gasteiger partial charge in [-0.3, -0.25) is 10.1 Å². The quantitative estimate of drug-likeness (QED) is 0.342. The third-order valence-corrected chi connectivity index (χ3v) is 2.77. The van der Waals surface area contributed by atoms with Crippen molar-refractivity contribution in [1.82, 2.24) is 0 Å². The molecule has 1 aromatic carbocycles. The third kappa shape index (κ3) is 4.02. The zero-order chi connectivity index (χ0) is 15.3. The van der Waals surface area contributed by atoms with E-state index in [-0.39, 0.29) is 29.0 Å². The molecule has 1 rings (SSSR count). The molecule has 0 N–H and O–H groups in total. The standard InChI is InChI=1S/C12H11BrFNO5/c1-3-19-12(16)7(2)6-20-11-5-9(14)8(13)4-10(11)15(17)18/h4-5H,2-3,6H2,1H3. The Kier molecular flexibility index (Phi) is 5.63. The molecule has 0 bridgehead atoms. The minimum Gasteiger partial charge on any atom is -0.482 e. The first-order chi connectivity index (χ1) is 9.36. The van der Waals surface area contributed by atoms with Crippen molar-refractivity contribution in [3.05, 3.63) is 44.7 Å². The van der Waals surface area contributed by atoms with E-state index in [1.165, 1.54) is 0 Å². The van der Waals surface area contributed by atoms with Gasteiger partial charge in [-0.25, -0.2) is 9.18 Å². The van der Waals surface area contributed by atoms with Crippen molar-refractivity contribution in [2.75, 3.05) is 13.2 Å². The van der Waals surface area contributed by atoms with Crippen LogP contribution in [0.5, 0.6) is 5.75 Å². The van der Waals surface area contributed by atoms with E-state index in [0.717, 1.165) is 12.1 Å². The Morgan fingerprint density at radius 3 is 2.75 bits per heavy atom. The molecular formula is C12H11BrFNO5. The summed E-state index contributed by atoms with van der Waals surface area (Å²) in [5, 5.41) is 10.8. The lowest BCUT2D eigenvalue weighted by molar-refractivity contribution is -0.386. The number of nitrogens with zero attached hydrogens (tertiary/aromatic N) is 1. The summed E-state index contributed by atoms with van der Waals surface area (Å²) in [6.07, 6.45) is 0. The first kappa shape index (κ1) is 16.1. The molecule has 0 aliphatic rings. The fourth-order valence-corrected chi connectivity index (χ4v) is 1.56. The fraction of sp³-hybridized carbons (Fsp3) is 0.250. The Labute approximate surface area is 122 Å². The number of nitro groups is 1. The Morgan fingerprint density at radius 1 is 1.55 bits per heavy atom. The van der Waals surface area contributed by atoms with Crippen LogP contribution in [0.25, 0.3) is 0 Å². The number of rotatable bonds is 6. The molecule has 0 amide bonds. The molecule has 0 saturated carbocycles. The van der Waals surface area contributed by atoms with Crippen LogP contribution in [0.2, 0.25) is 0 Å². The third-order valence-electron chi connectivity index (χ3n) is 2.16. The van der Waals surface area contributed by atoms with Gasteiger partial charge in [0.2, 0.25) is 0 Å². The van der Waals surface area contributed by atoms with Crippen LogP contribution in [0.15, 0.2) is 28.8 Å². The Hall–Kier alpha value is -1.96. The van der Waals surface area contributed by atoms with Gasteiger partial charge in [-0.2, -0.15) is 0 Å². The summed E-state index contributed by atoms with van der Waals surface area (Å²) in [6, 6.07) is 1.85. The van der Waals surface area contributed by atoms with Gasteiger partial charge in [0.15, 0.2) is 5.75 Å². The summed E-state index contributed by atoms with van der Waals surface area (Å²) in [5.74, 6) is -1.68. The molecule has 0 fully saturated rings. The molecule has 0 atom stereocenters. The maximum Gasteiger partial charge on any atom is 0.336 e. The van der Waals surface area contributed by atoms with E-state index in [2.05, 4.69) is 27.2 Å². The molecule has 0 saturated heterocycles. The zero-order valence-electron chi connectivity index (χ0n) is 10.5. The topological polar surface area (TPSA) is 78.7 Å². The van der Waals surface area contributed by atoms with Gasteiger partial charge in [0.25, 0.3) is 0 Å². The SMILES string of the molecule is C=C(COc1cc(F)c(Br)cc1[N+](=O)[O-])C(=O)OCC. The molecular weight excluding hydrogens is 337 g/mol. The number of benzene rings is 1. The highest BCUT2D eigenvalue weighted by molar-refractivity contribution is 9.10. The van der Waals surface area contributed by atoms with Crippen LogP contribution >= 0.6 is 15.9 Å². The van der Waals surface area contributed by atoms with Crippen molar-refractivity contribution >= 4 is 27.6 Å². The summed E-state index contributed by atoms with van der Waals surface area (Å²) in [4.78, 5) is 21.4. The van der Waals surface area contributed by atoms with Crippen molar-refractivity contribution in [3.63, 3.8) is 0 Å². The maximum absolute atomic E-state index is 13.4. The van der Waals surface area contributed by atoms with Crippen LogP contribution in [0, 0.1) is 15.9 Å². The van der Waals surface area contributed by atoms with E-state index in [1.54, 1.807) is 6.92 Å². The first-order valence-corrected chi connectivity index (χ1v) is 6.27. The zero-order valence-corrected chi connectivity index (χ0v) is 12.1. The Bertz CT molecular complexity index is 561. The molecule has 0 aliphatic carbocycles. The Morgan fingerprint density at radius 2 is 2.20 bits per heavy atom. The number of hydrogen-bond donors (Lipinski definition) is 0. The second-order valence-corrected chi connectivity index (χ2v) is 4.46. The van der Waals surface area contributed by atoms with Crippen molar-refractivity contribution in [3.8, 4) is 5.75 Å². The lowest BCUT2D eigenvalue weighted by Crippen LogP contribution is -2.13. The van der Waals surface area contributed by atoms with Crippen LogP contribution in [0.4, 0.5) is 10.1 Å². The van der Waals surface area contributed by atoms with Gasteiger partial charge in [-0.1, -0.05) is 6.58 Å². The number of carbonyl (C=O) groups excluding carboxylic acids is 1. The van der Waals surface area contributed by atoms with Gasteiger partial charge in [-0.15, -0.1) is 0 Å². The molecule has 0 aromatic heterocycles. The number of nitro benzene ring substituents is 1. The molecule has 108 valence electrons. The largest absolute Gasteiger partial charge is 0.482 e. The average molecular weight is 348 g/mol. The predicted molar refractivity (Wildman–Crippen MR) is 72.0 cm³/mol. The van der Waals surface area contributed by atoms with Crippen LogP contribution < -0.4 is 4.74 Å². The summed E-state index contributed by atoms with van der Waals surface area (Å²) < 4.78 is 23.0. The smallest absolute Gasteiger partial charge is 0.336 e. The molecule has 6 nitrogen and oxygen atoms in total. The number of halogens is 2. The van der Waals surface area contributed by atoms with Gasteiger partial charge < -0.3 is 9.47 Å². The van der Waals surface area contributed by atoms with Gasteiger partial charge in [0.1, 0.15) is 12.4 Å². The molecule has 0 spiro atoms. The van der Waals surface area contributed by atoms with E-state index in [1.807, 2.05) is 0 Å². The molecule has 0 aliphatic heterocycles. The van der Waals surface area contributed by atoms with Crippen molar-refractivity contribution < 1.29 is 23.6 Å². The van der Waals surface area contributed by atoms with Crippen molar-refractivity contribution in [2.24, 2.45) is 0 Å². The van der Waals surface area contributed by atoms with E-state index >= 15 is 0 Å². The number of esters is 1. The molecule has 0 unspecified atom stereocenters. The van der Waals surface area contributed by atoms with E-state index in [0.29, 0.717) is 0 Å². The highest BCUT2D eigenvalue weighted by Crippen LogP contribution is 2.32. The Balaban J connectivity index is 2.87. The summed E-state index contributed by atoms with van der Waals surface area (Å²) in [5.41, 5.74) is -0.445. The van der Waals surface area contributed by atoms with Crippen molar-refractivity contribution in [1.29, 1.82) is 0 Å². The van der Waals surface area contributed by atoms with Crippen LogP contribution in [0.1, 0.15) is 6.92 Å². The lowest BCUT2D eigenvalue weighted by atomic mass is 10.3. The first-order valence-electron chi connectivity index (χ1n) is 5.48. The van der Waals surface area contributed by atoms with Gasteiger partial charge >= 0.3 is 11.7 Å². The molecule has 0 heterocycles. The minimum atomic E-state index is -0.716. The molecule has 20 heavy (non-hydrogen) atoms. The van der Waals surface area contributed by atoms with Crippen LogP contribution in [-0.2, 0) is 9.53 Å². The van der Waals surface area contributed by atoms with E-state index < -0.39 is 22.4 Å². The highest BCUT2D eigenvalue weighted by Gasteiger charge is 2.20. The lowest BCUT2D eigenvalue weighted by Gasteiger charge is -2.09. The fourth-order valence-electron chi connectivity index (χ4n) is 1.23. The van der Waals surface area contributed by atoms with E-state index in [4.69, 9.17) is 4.74 Å². The van der Waals surface area contributed by atoms with Gasteiger partial charge in [-0.05, 0) is 22.9 Å². The second kappa shape index (κ2) is 6.99. The summed E-state index contributed by atoms with van der Waals surface area (Å²) in [7, 11) is 0. The van der Waals surface area contributed by atoms with Crippen LogP contribution in [-0.4, -0.2) is 24.1 Å². The normalized spacial score (nSPS) is 9.95. The number of hydrogen-bond acceptors (Lipinski definition) is 5. The van der Waals surface area contributed by atoms with E-state index in [9.17, 15) is 19.3 Å². The monoisotopic (exact) mass is 347 g/mol.